The fourth-order valence-electron chi connectivity index (χ4n) is 4.26. The highest BCUT2D eigenvalue weighted by atomic mass is 16.2. The summed E-state index contributed by atoms with van der Waals surface area (Å²) in [5, 5.41) is 10.7. The Morgan fingerprint density at radius 1 is 0.938 bits per heavy atom. The number of nitrogens with zero attached hydrogens (tertiary/aromatic N) is 3. The molecule has 4 rings (SSSR count). The maximum Gasteiger partial charge on any atom is 0.319 e. The van der Waals surface area contributed by atoms with Crippen LogP contribution in [-0.2, 0) is 0 Å². The van der Waals surface area contributed by atoms with Gasteiger partial charge in [0.15, 0.2) is 0 Å². The normalized spacial score (nSPS) is 18.2. The summed E-state index contributed by atoms with van der Waals surface area (Å²) in [5.41, 5.74) is 4.07. The minimum absolute atomic E-state index is 0.136. The van der Waals surface area contributed by atoms with Gasteiger partial charge in [0, 0.05) is 37.3 Å². The number of nitrogens with one attached hydrogen (secondary N) is 3. The molecular formula is C25H32N6O. The third-order valence-corrected chi connectivity index (χ3v) is 6.26. The summed E-state index contributed by atoms with van der Waals surface area (Å²) in [7, 11) is 4.00. The van der Waals surface area contributed by atoms with Gasteiger partial charge in [-0.05, 0) is 68.9 Å². The summed E-state index contributed by atoms with van der Waals surface area (Å²) in [6.45, 7) is 4.08. The fraction of sp³-hybridized carbons (Fsp3) is 0.400. The Balaban J connectivity index is 1.33. The number of aromatic nitrogens is 2. The Hall–Kier alpha value is -3.35. The number of anilines is 3. The summed E-state index contributed by atoms with van der Waals surface area (Å²) in [6, 6.07) is 14.4. The summed E-state index contributed by atoms with van der Waals surface area (Å²) >= 11 is 0. The Morgan fingerprint density at radius 3 is 2.41 bits per heavy atom. The van der Waals surface area contributed by atoms with E-state index in [0.29, 0.717) is 12.0 Å². The van der Waals surface area contributed by atoms with Crippen LogP contribution in [0.25, 0.3) is 10.9 Å². The number of urea groups is 1. The molecule has 0 unspecified atom stereocenters. The van der Waals surface area contributed by atoms with Crippen LogP contribution in [0.4, 0.5) is 22.2 Å². The van der Waals surface area contributed by atoms with Gasteiger partial charge < -0.3 is 20.9 Å². The number of rotatable bonds is 5. The summed E-state index contributed by atoms with van der Waals surface area (Å²) < 4.78 is 0. The van der Waals surface area contributed by atoms with E-state index in [9.17, 15) is 4.79 Å². The topological polar surface area (TPSA) is 82.2 Å². The number of carbonyl (C=O) groups is 1. The van der Waals surface area contributed by atoms with Crippen molar-refractivity contribution in [2.75, 3.05) is 29.6 Å². The number of hydrogen-bond acceptors (Lipinski definition) is 5. The molecule has 3 aromatic rings. The maximum atomic E-state index is 12.5. The predicted molar refractivity (Wildman–Crippen MR) is 132 cm³/mol. The quantitative estimate of drug-likeness (QED) is 0.536. The van der Waals surface area contributed by atoms with Crippen molar-refractivity contribution in [3.05, 3.63) is 53.6 Å². The molecule has 2 amide bonds. The lowest BCUT2D eigenvalue weighted by molar-refractivity contribution is 0.243. The van der Waals surface area contributed by atoms with E-state index in [1.807, 2.05) is 69.2 Å². The number of amides is 2. The molecule has 7 nitrogen and oxygen atoms in total. The van der Waals surface area contributed by atoms with E-state index in [1.165, 1.54) is 5.56 Å². The second-order valence-electron chi connectivity index (χ2n) is 8.82. The smallest absolute Gasteiger partial charge is 0.319 e. The molecule has 0 aliphatic heterocycles. The zero-order valence-electron chi connectivity index (χ0n) is 19.3. The van der Waals surface area contributed by atoms with Crippen molar-refractivity contribution < 1.29 is 4.79 Å². The first-order chi connectivity index (χ1) is 15.4. The van der Waals surface area contributed by atoms with Crippen LogP contribution in [0.2, 0.25) is 0 Å². The summed E-state index contributed by atoms with van der Waals surface area (Å²) in [5.74, 6) is 1.58. The van der Waals surface area contributed by atoms with E-state index in [1.54, 1.807) is 0 Å². The van der Waals surface area contributed by atoms with Crippen LogP contribution in [0.3, 0.4) is 0 Å². The monoisotopic (exact) mass is 432 g/mol. The molecule has 1 aromatic heterocycles. The molecule has 168 valence electrons. The van der Waals surface area contributed by atoms with Crippen molar-refractivity contribution >= 4 is 34.4 Å². The molecule has 1 heterocycles. The van der Waals surface area contributed by atoms with Gasteiger partial charge >= 0.3 is 6.03 Å². The molecule has 1 aliphatic rings. The first-order valence-electron chi connectivity index (χ1n) is 11.2. The Labute approximate surface area is 189 Å². The number of hydrogen-bond donors (Lipinski definition) is 3. The van der Waals surface area contributed by atoms with Crippen molar-refractivity contribution in [2.24, 2.45) is 0 Å². The van der Waals surface area contributed by atoms with Crippen molar-refractivity contribution in [1.29, 1.82) is 0 Å². The highest BCUT2D eigenvalue weighted by Crippen LogP contribution is 2.26. The van der Waals surface area contributed by atoms with E-state index >= 15 is 0 Å². The number of para-hydroxylation sites is 1. The lowest BCUT2D eigenvalue weighted by Crippen LogP contribution is -2.42. The number of carbonyl (C=O) groups excluding carboxylic acids is 1. The van der Waals surface area contributed by atoms with Gasteiger partial charge in [-0.3, -0.25) is 0 Å². The van der Waals surface area contributed by atoms with Crippen LogP contribution in [0.15, 0.2) is 42.5 Å². The summed E-state index contributed by atoms with van der Waals surface area (Å²) in [6.07, 6.45) is 3.77. The van der Waals surface area contributed by atoms with Crippen LogP contribution in [-0.4, -0.2) is 42.2 Å². The molecule has 1 fully saturated rings. The first-order valence-corrected chi connectivity index (χ1v) is 11.2. The minimum atomic E-state index is -0.136. The van der Waals surface area contributed by atoms with Crippen LogP contribution in [0.1, 0.15) is 36.8 Å². The molecule has 32 heavy (non-hydrogen) atoms. The van der Waals surface area contributed by atoms with Gasteiger partial charge in [0.1, 0.15) is 5.82 Å². The first kappa shape index (κ1) is 21.9. The van der Waals surface area contributed by atoms with Crippen LogP contribution in [0.5, 0.6) is 0 Å². The van der Waals surface area contributed by atoms with Crippen molar-refractivity contribution in [1.82, 2.24) is 15.3 Å². The third-order valence-electron chi connectivity index (χ3n) is 6.26. The van der Waals surface area contributed by atoms with E-state index in [0.717, 1.165) is 53.7 Å². The van der Waals surface area contributed by atoms with Gasteiger partial charge in [-0.2, -0.15) is 4.98 Å². The summed E-state index contributed by atoms with van der Waals surface area (Å²) in [4.78, 5) is 24.0. The molecule has 0 saturated heterocycles. The van der Waals surface area contributed by atoms with Crippen LogP contribution in [0, 0.1) is 13.8 Å². The third kappa shape index (κ3) is 4.93. The highest BCUT2D eigenvalue weighted by molar-refractivity contribution is 5.91. The highest BCUT2D eigenvalue weighted by Gasteiger charge is 2.23. The van der Waals surface area contributed by atoms with E-state index < -0.39 is 0 Å². The van der Waals surface area contributed by atoms with Gasteiger partial charge in [0.2, 0.25) is 5.95 Å². The Bertz CT molecular complexity index is 1100. The minimum Gasteiger partial charge on any atom is -0.362 e. The lowest BCUT2D eigenvalue weighted by atomic mass is 9.91. The fourth-order valence-corrected chi connectivity index (χ4v) is 4.26. The van der Waals surface area contributed by atoms with E-state index in [-0.39, 0.29) is 12.1 Å². The standard InChI is InChI=1S/C25H32N6O/c1-16-8-7-11-21(17(16)2)29-25(32)27-19-14-12-18(13-15-19)26-24-28-22-10-6-5-9-20(22)23(30-24)31(3)4/h5-11,18-19H,12-15H2,1-4H3,(H,26,28,30)(H2,27,29,32). The molecular weight excluding hydrogens is 400 g/mol. The molecule has 0 radical (unpaired) electrons. The van der Waals surface area contributed by atoms with Gasteiger partial charge in [0.25, 0.3) is 0 Å². The largest absolute Gasteiger partial charge is 0.362 e. The Morgan fingerprint density at radius 2 is 1.66 bits per heavy atom. The molecule has 7 heteroatoms. The average molecular weight is 433 g/mol. The average Bonchev–Trinajstić information content (AvgIpc) is 2.77. The van der Waals surface area contributed by atoms with Crippen LogP contribution < -0.4 is 20.9 Å². The van der Waals surface area contributed by atoms with E-state index in [4.69, 9.17) is 9.97 Å². The number of fused-ring (bicyclic) bond motifs is 1. The molecule has 1 saturated carbocycles. The van der Waals surface area contributed by atoms with Gasteiger partial charge in [-0.25, -0.2) is 9.78 Å². The molecule has 0 spiro atoms. The molecule has 0 atom stereocenters. The van der Waals surface area contributed by atoms with Gasteiger partial charge in [-0.15, -0.1) is 0 Å². The molecule has 1 aliphatic carbocycles. The number of benzene rings is 2. The van der Waals surface area contributed by atoms with Gasteiger partial charge in [0.05, 0.1) is 5.52 Å². The zero-order chi connectivity index (χ0) is 22.7. The lowest BCUT2D eigenvalue weighted by Gasteiger charge is -2.30. The molecule has 3 N–H and O–H groups in total. The zero-order valence-corrected chi connectivity index (χ0v) is 19.3. The van der Waals surface area contributed by atoms with Crippen LogP contribution >= 0.6 is 0 Å². The SMILES string of the molecule is Cc1cccc(NC(=O)NC2CCC(Nc3nc(N(C)C)c4ccccc4n3)CC2)c1C. The molecule has 0 bridgehead atoms. The van der Waals surface area contributed by atoms with Crippen molar-refractivity contribution in [3.63, 3.8) is 0 Å². The van der Waals surface area contributed by atoms with Gasteiger partial charge in [-0.1, -0.05) is 24.3 Å². The second-order valence-corrected chi connectivity index (χ2v) is 8.82. The second kappa shape index (κ2) is 9.42. The Kier molecular flexibility index (Phi) is 6.44. The molecule has 2 aromatic carbocycles. The predicted octanol–water partition coefficient (Wildman–Crippen LogP) is 4.86. The maximum absolute atomic E-state index is 12.5. The number of aryl methyl sites for hydroxylation is 1. The van der Waals surface area contributed by atoms with Crippen molar-refractivity contribution in [2.45, 2.75) is 51.6 Å². The van der Waals surface area contributed by atoms with E-state index in [2.05, 4.69) is 22.0 Å². The van der Waals surface area contributed by atoms with Crippen molar-refractivity contribution in [3.8, 4) is 0 Å².